The van der Waals surface area contributed by atoms with E-state index >= 15 is 0 Å². The van der Waals surface area contributed by atoms with Gasteiger partial charge in [0.1, 0.15) is 0 Å². The van der Waals surface area contributed by atoms with Gasteiger partial charge in [0.05, 0.1) is 11.4 Å². The van der Waals surface area contributed by atoms with Crippen molar-refractivity contribution in [3.05, 3.63) is 36.4 Å². The van der Waals surface area contributed by atoms with Crippen molar-refractivity contribution in [1.82, 2.24) is 0 Å². The van der Waals surface area contributed by atoms with Gasteiger partial charge in [0.2, 0.25) is 0 Å². The van der Waals surface area contributed by atoms with Gasteiger partial charge >= 0.3 is 29.6 Å². The van der Waals surface area contributed by atoms with Gasteiger partial charge in [0.25, 0.3) is 0 Å². The van der Waals surface area contributed by atoms with Crippen LogP contribution < -0.4 is 29.6 Å². The predicted octanol–water partition coefficient (Wildman–Crippen LogP) is -1.97. The molecule has 0 saturated carbocycles. The first-order chi connectivity index (χ1) is 4.73. The molecule has 0 saturated heterocycles. The molecule has 0 spiro atoms. The third-order valence-corrected chi connectivity index (χ3v) is 0.667. The standard InChI is InChI=1S/C6H6.Na.H2O3S/c1-2-4-6-5-3-1;;1-4(2)3/h1-6H;;(H2,1,2,3)/q;+1;/p-1. The van der Waals surface area contributed by atoms with Gasteiger partial charge in [0.15, 0.2) is 0 Å². The van der Waals surface area contributed by atoms with E-state index in [4.69, 9.17) is 13.3 Å². The molecule has 0 bridgehead atoms. The largest absolute Gasteiger partial charge is 1.00 e. The van der Waals surface area contributed by atoms with Crippen LogP contribution in [0.25, 0.3) is 0 Å². The molecule has 1 atom stereocenters. The molecule has 0 fully saturated rings. The van der Waals surface area contributed by atoms with Crippen molar-refractivity contribution in [2.24, 2.45) is 0 Å². The van der Waals surface area contributed by atoms with E-state index in [9.17, 15) is 0 Å². The van der Waals surface area contributed by atoms with Crippen LogP contribution in [0, 0.1) is 0 Å². The van der Waals surface area contributed by atoms with E-state index in [2.05, 4.69) is 0 Å². The Balaban J connectivity index is 0. The van der Waals surface area contributed by atoms with Crippen LogP contribution in [0.5, 0.6) is 0 Å². The first-order valence-corrected chi connectivity index (χ1v) is 3.55. The summed E-state index contributed by atoms with van der Waals surface area (Å²) >= 11 is -2.86. The summed E-state index contributed by atoms with van der Waals surface area (Å²) in [6.07, 6.45) is 0. The van der Waals surface area contributed by atoms with Crippen LogP contribution in [0.4, 0.5) is 0 Å². The fraction of sp³-hybridized carbons (Fsp3) is 0. The van der Waals surface area contributed by atoms with Crippen LogP contribution in [0.15, 0.2) is 36.4 Å². The molecule has 1 N–H and O–H groups in total. The van der Waals surface area contributed by atoms with Gasteiger partial charge in [-0.3, -0.25) is 0 Å². The molecule has 0 aromatic heterocycles. The monoisotopic (exact) mass is 182 g/mol. The molecule has 0 radical (unpaired) electrons. The van der Waals surface area contributed by atoms with Crippen LogP contribution in [0.3, 0.4) is 0 Å². The van der Waals surface area contributed by atoms with Crippen LogP contribution in [-0.2, 0) is 11.4 Å². The van der Waals surface area contributed by atoms with Crippen molar-refractivity contribution in [3.8, 4) is 0 Å². The Bertz CT molecular complexity index is 150. The maximum Gasteiger partial charge on any atom is 1.00 e. The van der Waals surface area contributed by atoms with Gasteiger partial charge in [-0.25, -0.2) is 4.21 Å². The Morgan fingerprint density at radius 1 is 1.00 bits per heavy atom. The second-order valence-corrected chi connectivity index (χ2v) is 1.81. The maximum absolute atomic E-state index is 8.56. The van der Waals surface area contributed by atoms with Gasteiger partial charge in [-0.1, -0.05) is 36.4 Å². The van der Waals surface area contributed by atoms with Crippen molar-refractivity contribution in [1.29, 1.82) is 0 Å². The van der Waals surface area contributed by atoms with Crippen molar-refractivity contribution >= 4 is 11.4 Å². The molecule has 0 aliphatic heterocycles. The second-order valence-electron chi connectivity index (χ2n) is 1.37. The molecule has 56 valence electrons. The molecular formula is C6H7NaO3S. The van der Waals surface area contributed by atoms with Crippen LogP contribution in [0.2, 0.25) is 0 Å². The topological polar surface area (TPSA) is 60.4 Å². The summed E-state index contributed by atoms with van der Waals surface area (Å²) in [6, 6.07) is 12.0. The third kappa shape index (κ3) is 17.9. The minimum absolute atomic E-state index is 0. The Morgan fingerprint density at radius 3 is 1.18 bits per heavy atom. The Morgan fingerprint density at radius 2 is 1.09 bits per heavy atom. The molecule has 3 nitrogen and oxygen atoms in total. The average molecular weight is 182 g/mol. The summed E-state index contributed by atoms with van der Waals surface area (Å²) < 4.78 is 24.1. The Kier molecular flexibility index (Phi) is 13.0. The van der Waals surface area contributed by atoms with Crippen LogP contribution in [0.1, 0.15) is 0 Å². The van der Waals surface area contributed by atoms with E-state index in [-0.39, 0.29) is 29.6 Å². The Labute approximate surface area is 90.2 Å². The van der Waals surface area contributed by atoms with Gasteiger partial charge in [-0.05, 0) is 0 Å². The minimum atomic E-state index is -2.86. The van der Waals surface area contributed by atoms with E-state index in [0.717, 1.165) is 0 Å². The summed E-state index contributed by atoms with van der Waals surface area (Å²) in [4.78, 5) is 0. The average Bonchev–Trinajstić information content (AvgIpc) is 1.90. The number of rotatable bonds is 0. The van der Waals surface area contributed by atoms with E-state index in [1.807, 2.05) is 36.4 Å². The van der Waals surface area contributed by atoms with Crippen molar-refractivity contribution in [2.45, 2.75) is 0 Å². The minimum Gasteiger partial charge on any atom is -0.750 e. The Hall–Kier alpha value is 0.290. The van der Waals surface area contributed by atoms with Crippen molar-refractivity contribution in [2.75, 3.05) is 0 Å². The fourth-order valence-corrected chi connectivity index (χ4v) is 0.385. The molecule has 0 aliphatic rings. The van der Waals surface area contributed by atoms with E-state index in [0.29, 0.717) is 0 Å². The molecule has 0 aliphatic carbocycles. The number of hydrogen-bond donors (Lipinski definition) is 1. The normalized spacial score (nSPS) is 10.0. The quantitative estimate of drug-likeness (QED) is 0.374. The molecule has 1 rings (SSSR count). The van der Waals surface area contributed by atoms with Crippen LogP contribution >= 0.6 is 0 Å². The molecule has 11 heavy (non-hydrogen) atoms. The first-order valence-electron chi connectivity index (χ1n) is 2.52. The number of hydrogen-bond acceptors (Lipinski definition) is 2. The smallest absolute Gasteiger partial charge is 0.750 e. The SMILES string of the molecule is O=S([O-])O.[Na+].c1ccccc1. The zero-order chi connectivity index (χ0) is 7.82. The molecule has 1 aromatic carbocycles. The molecule has 1 unspecified atom stereocenters. The molecular weight excluding hydrogens is 175 g/mol. The number of benzene rings is 1. The fourth-order valence-electron chi connectivity index (χ4n) is 0.385. The van der Waals surface area contributed by atoms with Crippen molar-refractivity contribution < 1.29 is 42.9 Å². The van der Waals surface area contributed by atoms with Gasteiger partial charge in [0, 0.05) is 0 Å². The summed E-state index contributed by atoms with van der Waals surface area (Å²) in [5, 5.41) is 0. The van der Waals surface area contributed by atoms with Gasteiger partial charge < -0.3 is 9.11 Å². The zero-order valence-electron chi connectivity index (χ0n) is 6.14. The van der Waals surface area contributed by atoms with Crippen molar-refractivity contribution in [3.63, 3.8) is 0 Å². The summed E-state index contributed by atoms with van der Waals surface area (Å²) in [5.41, 5.74) is 0. The van der Waals surface area contributed by atoms with E-state index in [1.165, 1.54) is 0 Å². The zero-order valence-corrected chi connectivity index (χ0v) is 8.95. The third-order valence-electron chi connectivity index (χ3n) is 0.667. The van der Waals surface area contributed by atoms with Crippen LogP contribution in [-0.4, -0.2) is 13.3 Å². The summed E-state index contributed by atoms with van der Waals surface area (Å²) in [7, 11) is 0. The summed E-state index contributed by atoms with van der Waals surface area (Å²) in [5.74, 6) is 0. The summed E-state index contributed by atoms with van der Waals surface area (Å²) in [6.45, 7) is 0. The predicted molar refractivity (Wildman–Crippen MR) is 38.0 cm³/mol. The van der Waals surface area contributed by atoms with Gasteiger partial charge in [-0.2, -0.15) is 0 Å². The molecule has 5 heteroatoms. The van der Waals surface area contributed by atoms with Gasteiger partial charge in [-0.15, -0.1) is 0 Å². The maximum atomic E-state index is 8.56. The molecule has 0 amide bonds. The first kappa shape index (κ1) is 13.9. The van der Waals surface area contributed by atoms with E-state index < -0.39 is 11.4 Å². The molecule has 1 aromatic rings. The molecule has 0 heterocycles. The second kappa shape index (κ2) is 10.3. The van der Waals surface area contributed by atoms with E-state index in [1.54, 1.807) is 0 Å².